The lowest BCUT2D eigenvalue weighted by molar-refractivity contribution is 0.550. The van der Waals surface area contributed by atoms with E-state index in [9.17, 15) is 0 Å². The van der Waals surface area contributed by atoms with E-state index in [1.54, 1.807) is 6.07 Å². The Balaban J connectivity index is 2.21. The molecule has 0 heterocycles. The van der Waals surface area contributed by atoms with Crippen LogP contribution in [0.3, 0.4) is 0 Å². The molecule has 0 bridgehead atoms. The molecule has 0 saturated carbocycles. The van der Waals surface area contributed by atoms with Crippen molar-refractivity contribution in [2.24, 2.45) is 0 Å². The highest BCUT2D eigenvalue weighted by atomic mass is 35.5. The molecular formula is C18H21Cl2N. The van der Waals surface area contributed by atoms with Crippen molar-refractivity contribution < 1.29 is 0 Å². The van der Waals surface area contributed by atoms with Crippen molar-refractivity contribution in [2.45, 2.75) is 32.7 Å². The topological polar surface area (TPSA) is 12.0 Å². The maximum absolute atomic E-state index is 6.12. The van der Waals surface area contributed by atoms with Gasteiger partial charge >= 0.3 is 0 Å². The molecule has 1 nitrogen and oxygen atoms in total. The standard InChI is InChI=1S/C18H21Cl2N/c1-3-13-5-7-14(8-6-13)9-18(21-4-2)15-10-16(19)12-17(20)11-15/h5-8,10-12,18,21H,3-4,9H2,1-2H3. The molecule has 1 atom stereocenters. The minimum atomic E-state index is 0.221. The van der Waals surface area contributed by atoms with Crippen LogP contribution in [-0.4, -0.2) is 6.54 Å². The summed E-state index contributed by atoms with van der Waals surface area (Å²) in [4.78, 5) is 0. The zero-order valence-corrected chi connectivity index (χ0v) is 14.0. The lowest BCUT2D eigenvalue weighted by atomic mass is 9.98. The van der Waals surface area contributed by atoms with Crippen LogP contribution in [0.25, 0.3) is 0 Å². The maximum Gasteiger partial charge on any atom is 0.0424 e. The number of nitrogens with one attached hydrogen (secondary N) is 1. The van der Waals surface area contributed by atoms with Crippen LogP contribution in [-0.2, 0) is 12.8 Å². The van der Waals surface area contributed by atoms with Crippen molar-refractivity contribution in [3.8, 4) is 0 Å². The largest absolute Gasteiger partial charge is 0.310 e. The number of benzene rings is 2. The summed E-state index contributed by atoms with van der Waals surface area (Å²) < 4.78 is 0. The summed E-state index contributed by atoms with van der Waals surface area (Å²) in [5, 5.41) is 4.88. The molecule has 112 valence electrons. The van der Waals surface area contributed by atoms with Gasteiger partial charge in [0.1, 0.15) is 0 Å². The lowest BCUT2D eigenvalue weighted by Gasteiger charge is -2.19. The van der Waals surface area contributed by atoms with Crippen molar-refractivity contribution in [2.75, 3.05) is 6.54 Å². The van der Waals surface area contributed by atoms with Crippen LogP contribution in [0.2, 0.25) is 10.0 Å². The van der Waals surface area contributed by atoms with Crippen LogP contribution < -0.4 is 5.32 Å². The molecule has 3 heteroatoms. The number of rotatable bonds is 6. The highest BCUT2D eigenvalue weighted by molar-refractivity contribution is 6.34. The van der Waals surface area contributed by atoms with Gasteiger partial charge in [0, 0.05) is 16.1 Å². The minimum Gasteiger partial charge on any atom is -0.310 e. The second-order valence-corrected chi connectivity index (χ2v) is 6.06. The van der Waals surface area contributed by atoms with Gasteiger partial charge in [0.15, 0.2) is 0 Å². The highest BCUT2D eigenvalue weighted by Gasteiger charge is 2.12. The molecule has 0 amide bonds. The van der Waals surface area contributed by atoms with Crippen LogP contribution >= 0.6 is 23.2 Å². The van der Waals surface area contributed by atoms with E-state index < -0.39 is 0 Å². The zero-order valence-electron chi connectivity index (χ0n) is 12.5. The Labute approximate surface area is 137 Å². The second kappa shape index (κ2) is 7.84. The quantitative estimate of drug-likeness (QED) is 0.746. The van der Waals surface area contributed by atoms with Crippen LogP contribution in [0.15, 0.2) is 42.5 Å². The van der Waals surface area contributed by atoms with E-state index in [4.69, 9.17) is 23.2 Å². The highest BCUT2D eigenvalue weighted by Crippen LogP contribution is 2.26. The Morgan fingerprint density at radius 3 is 2.00 bits per heavy atom. The average molecular weight is 322 g/mol. The number of hydrogen-bond donors (Lipinski definition) is 1. The van der Waals surface area contributed by atoms with Gasteiger partial charge in [0.05, 0.1) is 0 Å². The fourth-order valence-corrected chi connectivity index (χ4v) is 3.02. The van der Waals surface area contributed by atoms with Gasteiger partial charge in [0.25, 0.3) is 0 Å². The molecule has 0 spiro atoms. The van der Waals surface area contributed by atoms with E-state index in [-0.39, 0.29) is 6.04 Å². The molecule has 0 fully saturated rings. The van der Waals surface area contributed by atoms with Gasteiger partial charge in [-0.2, -0.15) is 0 Å². The monoisotopic (exact) mass is 321 g/mol. The Hall–Kier alpha value is -1.02. The molecule has 0 aliphatic carbocycles. The average Bonchev–Trinajstić information content (AvgIpc) is 2.46. The summed E-state index contributed by atoms with van der Waals surface area (Å²) in [7, 11) is 0. The first kappa shape index (κ1) is 16.4. The van der Waals surface area contributed by atoms with E-state index in [2.05, 4.69) is 43.4 Å². The third kappa shape index (κ3) is 4.74. The smallest absolute Gasteiger partial charge is 0.0424 e. The fourth-order valence-electron chi connectivity index (χ4n) is 2.48. The first-order valence-corrected chi connectivity index (χ1v) is 8.15. The molecule has 2 aromatic rings. The van der Waals surface area contributed by atoms with E-state index in [0.29, 0.717) is 10.0 Å². The normalized spacial score (nSPS) is 12.4. The predicted octanol–water partition coefficient (Wildman–Crippen LogP) is 5.45. The van der Waals surface area contributed by atoms with E-state index >= 15 is 0 Å². The summed E-state index contributed by atoms with van der Waals surface area (Å²) in [6.07, 6.45) is 2.00. The Morgan fingerprint density at radius 1 is 0.905 bits per heavy atom. The van der Waals surface area contributed by atoms with Gasteiger partial charge in [-0.3, -0.25) is 0 Å². The first-order valence-electron chi connectivity index (χ1n) is 7.39. The maximum atomic E-state index is 6.12. The molecule has 21 heavy (non-hydrogen) atoms. The van der Waals surface area contributed by atoms with Crippen LogP contribution in [0.5, 0.6) is 0 Å². The van der Waals surface area contributed by atoms with Gasteiger partial charge in [-0.1, -0.05) is 61.3 Å². The molecule has 0 aliphatic rings. The van der Waals surface area contributed by atoms with Crippen LogP contribution in [0, 0.1) is 0 Å². The zero-order chi connectivity index (χ0) is 15.2. The molecule has 0 saturated heterocycles. The molecule has 0 aromatic heterocycles. The third-order valence-electron chi connectivity index (χ3n) is 3.61. The fraction of sp³-hybridized carbons (Fsp3) is 0.333. The van der Waals surface area contributed by atoms with Gasteiger partial charge in [0.2, 0.25) is 0 Å². The number of hydrogen-bond acceptors (Lipinski definition) is 1. The lowest BCUT2D eigenvalue weighted by Crippen LogP contribution is -2.23. The number of halogens is 2. The predicted molar refractivity (Wildman–Crippen MR) is 92.4 cm³/mol. The molecular weight excluding hydrogens is 301 g/mol. The Bertz CT molecular complexity index is 558. The summed E-state index contributed by atoms with van der Waals surface area (Å²) in [5.41, 5.74) is 3.81. The molecule has 0 radical (unpaired) electrons. The summed E-state index contributed by atoms with van der Waals surface area (Å²) in [6, 6.07) is 14.8. The van der Waals surface area contributed by atoms with E-state index in [0.717, 1.165) is 24.9 Å². The van der Waals surface area contributed by atoms with Crippen molar-refractivity contribution >= 4 is 23.2 Å². The van der Waals surface area contributed by atoms with Crippen LogP contribution in [0.1, 0.15) is 36.6 Å². The van der Waals surface area contributed by atoms with Crippen molar-refractivity contribution in [1.29, 1.82) is 0 Å². The van der Waals surface area contributed by atoms with Crippen LogP contribution in [0.4, 0.5) is 0 Å². The van der Waals surface area contributed by atoms with E-state index in [1.807, 2.05) is 12.1 Å². The van der Waals surface area contributed by atoms with Gasteiger partial charge < -0.3 is 5.32 Å². The number of aryl methyl sites for hydroxylation is 1. The second-order valence-electron chi connectivity index (χ2n) is 5.19. The SMILES string of the molecule is CCNC(Cc1ccc(CC)cc1)c1cc(Cl)cc(Cl)c1. The molecule has 2 aromatic carbocycles. The van der Waals surface area contributed by atoms with Crippen molar-refractivity contribution in [1.82, 2.24) is 5.32 Å². The molecule has 1 N–H and O–H groups in total. The molecule has 2 rings (SSSR count). The summed E-state index contributed by atoms with van der Waals surface area (Å²) >= 11 is 12.2. The van der Waals surface area contributed by atoms with Crippen molar-refractivity contribution in [3.05, 3.63) is 69.2 Å². The Kier molecular flexibility index (Phi) is 6.10. The minimum absolute atomic E-state index is 0.221. The van der Waals surface area contributed by atoms with Crippen molar-refractivity contribution in [3.63, 3.8) is 0 Å². The first-order chi connectivity index (χ1) is 10.1. The van der Waals surface area contributed by atoms with Gasteiger partial charge in [-0.25, -0.2) is 0 Å². The summed E-state index contributed by atoms with van der Waals surface area (Å²) in [5.74, 6) is 0. The van der Waals surface area contributed by atoms with Gasteiger partial charge in [-0.15, -0.1) is 0 Å². The third-order valence-corrected chi connectivity index (χ3v) is 4.05. The summed E-state index contributed by atoms with van der Waals surface area (Å²) in [6.45, 7) is 5.19. The molecule has 1 unspecified atom stereocenters. The Morgan fingerprint density at radius 2 is 1.48 bits per heavy atom. The number of likely N-dealkylation sites (N-methyl/N-ethyl adjacent to an activating group) is 1. The molecule has 0 aliphatic heterocycles. The van der Waals surface area contributed by atoms with E-state index in [1.165, 1.54) is 11.1 Å². The van der Waals surface area contributed by atoms with Gasteiger partial charge in [-0.05, 0) is 54.3 Å².